The van der Waals surface area contributed by atoms with Gasteiger partial charge in [-0.15, -0.1) is 5.10 Å². The monoisotopic (exact) mass is 306 g/mol. The standard InChI is InChI=1S/C16H26N4S/c1-4-12-13(5-2)18-19-16(14(12)15(17)21)20(6-3)10-11-8-7-9-11/h11H,4-10H2,1-3H3,(H2,17,21). The van der Waals surface area contributed by atoms with Gasteiger partial charge in [-0.25, -0.2) is 0 Å². The minimum Gasteiger partial charge on any atom is -0.389 e. The number of hydrogen-bond acceptors (Lipinski definition) is 4. The molecule has 0 saturated heterocycles. The van der Waals surface area contributed by atoms with E-state index in [1.165, 1.54) is 24.8 Å². The molecule has 0 atom stereocenters. The van der Waals surface area contributed by atoms with Gasteiger partial charge in [-0.3, -0.25) is 0 Å². The summed E-state index contributed by atoms with van der Waals surface area (Å²) in [6.07, 6.45) is 5.74. The van der Waals surface area contributed by atoms with E-state index in [1.807, 2.05) is 0 Å². The SMILES string of the molecule is CCc1nnc(N(CC)CC2CCC2)c(C(N)=S)c1CC. The van der Waals surface area contributed by atoms with Crippen molar-refractivity contribution in [3.63, 3.8) is 0 Å². The molecular formula is C16H26N4S. The second-order valence-corrected chi connectivity index (χ2v) is 6.17. The number of nitrogens with zero attached hydrogens (tertiary/aromatic N) is 3. The Morgan fingerprint density at radius 1 is 1.24 bits per heavy atom. The fraction of sp³-hybridized carbons (Fsp3) is 0.688. The summed E-state index contributed by atoms with van der Waals surface area (Å²) in [5.41, 5.74) is 9.15. The Bertz CT molecular complexity index is 511. The van der Waals surface area contributed by atoms with Crippen LogP contribution in [0.25, 0.3) is 0 Å². The van der Waals surface area contributed by atoms with Crippen molar-refractivity contribution in [3.05, 3.63) is 16.8 Å². The van der Waals surface area contributed by atoms with Crippen molar-refractivity contribution in [2.45, 2.75) is 52.9 Å². The zero-order valence-corrected chi connectivity index (χ0v) is 14.2. The molecule has 1 heterocycles. The van der Waals surface area contributed by atoms with E-state index in [4.69, 9.17) is 18.0 Å². The Hall–Kier alpha value is -1.23. The van der Waals surface area contributed by atoms with E-state index in [1.54, 1.807) is 0 Å². The summed E-state index contributed by atoms with van der Waals surface area (Å²) in [4.78, 5) is 2.74. The predicted molar refractivity (Wildman–Crippen MR) is 91.9 cm³/mol. The molecule has 1 aliphatic rings. The lowest BCUT2D eigenvalue weighted by Crippen LogP contribution is -2.35. The van der Waals surface area contributed by atoms with Gasteiger partial charge < -0.3 is 10.6 Å². The molecule has 0 amide bonds. The highest BCUT2D eigenvalue weighted by atomic mass is 32.1. The van der Waals surface area contributed by atoms with Crippen LogP contribution in [-0.4, -0.2) is 28.3 Å². The van der Waals surface area contributed by atoms with E-state index in [-0.39, 0.29) is 0 Å². The van der Waals surface area contributed by atoms with Gasteiger partial charge in [0.25, 0.3) is 0 Å². The van der Waals surface area contributed by atoms with Gasteiger partial charge in [0.2, 0.25) is 0 Å². The number of aryl methyl sites for hydroxylation is 1. The molecule has 0 spiro atoms. The normalized spacial score (nSPS) is 14.8. The van der Waals surface area contributed by atoms with Gasteiger partial charge in [-0.05, 0) is 44.1 Å². The largest absolute Gasteiger partial charge is 0.389 e. The number of nitrogens with two attached hydrogens (primary N) is 1. The van der Waals surface area contributed by atoms with Crippen molar-refractivity contribution in [2.24, 2.45) is 11.7 Å². The van der Waals surface area contributed by atoms with Crippen LogP contribution >= 0.6 is 12.2 Å². The summed E-state index contributed by atoms with van der Waals surface area (Å²) in [7, 11) is 0. The lowest BCUT2D eigenvalue weighted by Gasteiger charge is -2.33. The van der Waals surface area contributed by atoms with Gasteiger partial charge >= 0.3 is 0 Å². The van der Waals surface area contributed by atoms with Crippen LogP contribution in [0.15, 0.2) is 0 Å². The van der Waals surface area contributed by atoms with E-state index in [2.05, 4.69) is 35.9 Å². The topological polar surface area (TPSA) is 55.0 Å². The van der Waals surface area contributed by atoms with Gasteiger partial charge in [0, 0.05) is 13.1 Å². The van der Waals surface area contributed by atoms with Crippen molar-refractivity contribution >= 4 is 23.0 Å². The molecule has 0 unspecified atom stereocenters. The molecule has 21 heavy (non-hydrogen) atoms. The molecule has 5 heteroatoms. The average molecular weight is 306 g/mol. The fourth-order valence-corrected chi connectivity index (χ4v) is 3.21. The molecule has 0 radical (unpaired) electrons. The quantitative estimate of drug-likeness (QED) is 0.785. The van der Waals surface area contributed by atoms with Crippen LogP contribution in [0, 0.1) is 5.92 Å². The third kappa shape index (κ3) is 3.34. The molecule has 4 nitrogen and oxygen atoms in total. The molecule has 1 fully saturated rings. The Morgan fingerprint density at radius 3 is 2.38 bits per heavy atom. The lowest BCUT2D eigenvalue weighted by molar-refractivity contribution is 0.318. The van der Waals surface area contributed by atoms with E-state index in [0.717, 1.165) is 48.9 Å². The number of anilines is 1. The second-order valence-electron chi connectivity index (χ2n) is 5.73. The molecule has 0 bridgehead atoms. The molecule has 116 valence electrons. The molecule has 2 rings (SSSR count). The van der Waals surface area contributed by atoms with E-state index in [9.17, 15) is 0 Å². The van der Waals surface area contributed by atoms with Crippen molar-refractivity contribution in [3.8, 4) is 0 Å². The Labute approximate surface area is 133 Å². The van der Waals surface area contributed by atoms with Crippen LogP contribution in [0.4, 0.5) is 5.82 Å². The van der Waals surface area contributed by atoms with Gasteiger partial charge in [0.05, 0.1) is 11.3 Å². The zero-order chi connectivity index (χ0) is 15.4. The molecular weight excluding hydrogens is 280 g/mol. The highest BCUT2D eigenvalue weighted by Gasteiger charge is 2.25. The number of hydrogen-bond donors (Lipinski definition) is 1. The molecule has 1 aromatic heterocycles. The Kier molecular flexibility index (Phi) is 5.51. The minimum atomic E-state index is 0.443. The molecule has 0 aliphatic heterocycles. The zero-order valence-electron chi connectivity index (χ0n) is 13.4. The summed E-state index contributed by atoms with van der Waals surface area (Å²) in [5, 5.41) is 8.89. The highest BCUT2D eigenvalue weighted by molar-refractivity contribution is 7.80. The number of thiocarbonyl (C=S) groups is 1. The van der Waals surface area contributed by atoms with Gasteiger partial charge in [0.15, 0.2) is 5.82 Å². The smallest absolute Gasteiger partial charge is 0.161 e. The number of rotatable bonds is 7. The average Bonchev–Trinajstić information content (AvgIpc) is 2.44. The third-order valence-corrected chi connectivity index (χ3v) is 4.66. The van der Waals surface area contributed by atoms with Crippen LogP contribution in [-0.2, 0) is 12.8 Å². The summed E-state index contributed by atoms with van der Waals surface area (Å²) in [5.74, 6) is 1.66. The Morgan fingerprint density at radius 2 is 1.95 bits per heavy atom. The Balaban J connectivity index is 2.42. The minimum absolute atomic E-state index is 0.443. The maximum atomic E-state index is 6.02. The molecule has 0 aromatic carbocycles. The summed E-state index contributed by atoms with van der Waals surface area (Å²) in [6.45, 7) is 8.33. The van der Waals surface area contributed by atoms with Crippen LogP contribution in [0.2, 0.25) is 0 Å². The van der Waals surface area contributed by atoms with Crippen LogP contribution < -0.4 is 10.6 Å². The first-order valence-corrected chi connectivity index (χ1v) is 8.46. The van der Waals surface area contributed by atoms with Crippen LogP contribution in [0.1, 0.15) is 56.9 Å². The summed E-state index contributed by atoms with van der Waals surface area (Å²) >= 11 is 5.32. The van der Waals surface area contributed by atoms with Gasteiger partial charge in [-0.1, -0.05) is 32.5 Å². The highest BCUT2D eigenvalue weighted by Crippen LogP contribution is 2.30. The van der Waals surface area contributed by atoms with Crippen molar-refractivity contribution in [1.82, 2.24) is 10.2 Å². The predicted octanol–water partition coefficient (Wildman–Crippen LogP) is 2.86. The third-order valence-electron chi connectivity index (χ3n) is 4.46. The van der Waals surface area contributed by atoms with E-state index >= 15 is 0 Å². The van der Waals surface area contributed by atoms with Crippen molar-refractivity contribution < 1.29 is 0 Å². The first-order chi connectivity index (χ1) is 10.1. The summed E-state index contributed by atoms with van der Waals surface area (Å²) in [6, 6.07) is 0. The maximum absolute atomic E-state index is 6.02. The lowest BCUT2D eigenvalue weighted by atomic mass is 9.85. The number of aromatic nitrogens is 2. The fourth-order valence-electron chi connectivity index (χ4n) is 2.99. The van der Waals surface area contributed by atoms with Crippen LogP contribution in [0.3, 0.4) is 0 Å². The van der Waals surface area contributed by atoms with E-state index < -0.39 is 0 Å². The summed E-state index contributed by atoms with van der Waals surface area (Å²) < 4.78 is 0. The van der Waals surface area contributed by atoms with Crippen molar-refractivity contribution in [1.29, 1.82) is 0 Å². The second kappa shape index (κ2) is 7.16. The van der Waals surface area contributed by atoms with Gasteiger partial charge in [0.1, 0.15) is 4.99 Å². The first kappa shape index (κ1) is 16.1. The maximum Gasteiger partial charge on any atom is 0.161 e. The molecule has 1 aromatic rings. The van der Waals surface area contributed by atoms with E-state index in [0.29, 0.717) is 4.99 Å². The molecule has 1 aliphatic carbocycles. The molecule has 2 N–H and O–H groups in total. The first-order valence-electron chi connectivity index (χ1n) is 8.05. The molecule has 1 saturated carbocycles. The van der Waals surface area contributed by atoms with Crippen LogP contribution in [0.5, 0.6) is 0 Å². The van der Waals surface area contributed by atoms with Crippen molar-refractivity contribution in [2.75, 3.05) is 18.0 Å². The van der Waals surface area contributed by atoms with Gasteiger partial charge in [-0.2, -0.15) is 5.10 Å².